The summed E-state index contributed by atoms with van der Waals surface area (Å²) in [6.45, 7) is 4.66. The number of anilines is 3. The van der Waals surface area contributed by atoms with Crippen LogP contribution in [-0.2, 0) is 5.41 Å². The summed E-state index contributed by atoms with van der Waals surface area (Å²) < 4.78 is 13.0. The van der Waals surface area contributed by atoms with Gasteiger partial charge in [-0.3, -0.25) is 0 Å². The molecule has 0 amide bonds. The molecule has 10 aromatic rings. The lowest BCUT2D eigenvalue weighted by Crippen LogP contribution is -2.16. The summed E-state index contributed by atoms with van der Waals surface area (Å²) in [5, 5.41) is 2.23. The lowest BCUT2D eigenvalue weighted by molar-refractivity contribution is 0.620. The molecule has 4 heteroatoms. The molecule has 0 saturated heterocycles. The second-order valence-corrected chi connectivity index (χ2v) is 15.2. The molecule has 0 atom stereocenters. The molecule has 11 rings (SSSR count). The standard InChI is InChI=1S/C52H36N2O2/c1-52(2)45-22-10-9-17-41(45)42-29-27-37(31-46(42)52)54(38-28-30-48-47(32-38)53-51(55-48)35-15-7-4-8-16-35)36-25-23-34(24-26-36)40-19-12-21-44-43-20-11-18-39(49(43)56-50(40)44)33-13-5-3-6-14-33/h3-32H,1-2H3. The molecule has 2 aromatic heterocycles. The third-order valence-corrected chi connectivity index (χ3v) is 11.5. The fourth-order valence-electron chi connectivity index (χ4n) is 8.72. The first kappa shape index (κ1) is 32.3. The van der Waals surface area contributed by atoms with Gasteiger partial charge >= 0.3 is 0 Å². The number of hydrogen-bond donors (Lipinski definition) is 0. The Morgan fingerprint density at radius 1 is 0.429 bits per heavy atom. The minimum Gasteiger partial charge on any atom is -0.455 e. The van der Waals surface area contributed by atoms with E-state index < -0.39 is 0 Å². The number of furan rings is 1. The number of aromatic nitrogens is 1. The molecular formula is C52H36N2O2. The number of benzene rings is 8. The van der Waals surface area contributed by atoms with Crippen molar-refractivity contribution in [2.24, 2.45) is 0 Å². The number of para-hydroxylation sites is 2. The van der Waals surface area contributed by atoms with Crippen molar-refractivity contribution in [3.63, 3.8) is 0 Å². The number of rotatable bonds is 6. The Hall–Kier alpha value is -7.17. The minimum atomic E-state index is -0.135. The molecule has 0 unspecified atom stereocenters. The highest BCUT2D eigenvalue weighted by atomic mass is 16.3. The molecule has 4 nitrogen and oxygen atoms in total. The Labute approximate surface area is 324 Å². The molecule has 0 fully saturated rings. The summed E-state index contributed by atoms with van der Waals surface area (Å²) in [7, 11) is 0. The molecule has 0 aliphatic heterocycles. The first-order valence-electron chi connectivity index (χ1n) is 19.1. The van der Waals surface area contributed by atoms with Crippen molar-refractivity contribution >= 4 is 50.1 Å². The Balaban J connectivity index is 1.04. The molecule has 266 valence electrons. The monoisotopic (exact) mass is 720 g/mol. The highest BCUT2D eigenvalue weighted by molar-refractivity contribution is 6.13. The highest BCUT2D eigenvalue weighted by Crippen LogP contribution is 2.51. The number of oxazole rings is 1. The molecule has 2 heterocycles. The minimum absolute atomic E-state index is 0.135. The van der Waals surface area contributed by atoms with Crippen molar-refractivity contribution in [1.82, 2.24) is 4.98 Å². The van der Waals surface area contributed by atoms with Crippen LogP contribution in [0.3, 0.4) is 0 Å². The number of fused-ring (bicyclic) bond motifs is 7. The first-order chi connectivity index (χ1) is 27.5. The predicted octanol–water partition coefficient (Wildman–Crippen LogP) is 14.5. The maximum absolute atomic E-state index is 6.78. The smallest absolute Gasteiger partial charge is 0.227 e. The van der Waals surface area contributed by atoms with Crippen LogP contribution in [0.4, 0.5) is 17.1 Å². The van der Waals surface area contributed by atoms with E-state index in [2.05, 4.69) is 158 Å². The average Bonchev–Trinajstić information content (AvgIpc) is 3.92. The molecule has 0 bridgehead atoms. The SMILES string of the molecule is CC1(C)c2ccccc2-c2ccc(N(c3ccc(-c4cccc5c4oc4c(-c6ccccc6)cccc45)cc3)c3ccc4oc(-c5ccccc5)nc4c3)cc21. The normalized spacial score (nSPS) is 13.0. The van der Waals surface area contributed by atoms with Gasteiger partial charge in [0.1, 0.15) is 16.7 Å². The first-order valence-corrected chi connectivity index (χ1v) is 19.1. The zero-order valence-corrected chi connectivity index (χ0v) is 31.0. The van der Waals surface area contributed by atoms with Gasteiger partial charge in [0.05, 0.1) is 0 Å². The van der Waals surface area contributed by atoms with E-state index in [1.54, 1.807) is 0 Å². The maximum atomic E-state index is 6.78. The van der Waals surface area contributed by atoms with Gasteiger partial charge in [0.25, 0.3) is 0 Å². The summed E-state index contributed by atoms with van der Waals surface area (Å²) in [5.74, 6) is 0.612. The van der Waals surface area contributed by atoms with Crippen LogP contribution in [-0.4, -0.2) is 4.98 Å². The van der Waals surface area contributed by atoms with Crippen molar-refractivity contribution in [1.29, 1.82) is 0 Å². The molecule has 0 N–H and O–H groups in total. The largest absolute Gasteiger partial charge is 0.455 e. The Bertz CT molecular complexity index is 3100. The van der Waals surface area contributed by atoms with Crippen LogP contribution in [0.15, 0.2) is 191 Å². The van der Waals surface area contributed by atoms with Gasteiger partial charge < -0.3 is 13.7 Å². The molecule has 56 heavy (non-hydrogen) atoms. The lowest BCUT2D eigenvalue weighted by atomic mass is 9.82. The summed E-state index contributed by atoms with van der Waals surface area (Å²) in [6.07, 6.45) is 0. The van der Waals surface area contributed by atoms with Crippen LogP contribution in [0.5, 0.6) is 0 Å². The van der Waals surface area contributed by atoms with Gasteiger partial charge in [0.2, 0.25) is 5.89 Å². The van der Waals surface area contributed by atoms with E-state index in [1.165, 1.54) is 22.3 Å². The van der Waals surface area contributed by atoms with E-state index in [0.29, 0.717) is 5.89 Å². The van der Waals surface area contributed by atoms with E-state index in [-0.39, 0.29) is 5.41 Å². The lowest BCUT2D eigenvalue weighted by Gasteiger charge is -2.28. The van der Waals surface area contributed by atoms with Crippen LogP contribution in [0.1, 0.15) is 25.0 Å². The van der Waals surface area contributed by atoms with Gasteiger partial charge in [0, 0.05) is 49.9 Å². The van der Waals surface area contributed by atoms with Crippen LogP contribution in [0.25, 0.3) is 77.9 Å². The Morgan fingerprint density at radius 2 is 0.982 bits per heavy atom. The molecule has 1 aliphatic carbocycles. The second kappa shape index (κ2) is 12.4. The van der Waals surface area contributed by atoms with Gasteiger partial charge in [-0.15, -0.1) is 0 Å². The molecule has 0 radical (unpaired) electrons. The van der Waals surface area contributed by atoms with Crippen molar-refractivity contribution in [3.8, 4) is 44.8 Å². The third kappa shape index (κ3) is 5.03. The zero-order chi connectivity index (χ0) is 37.4. The summed E-state index contributed by atoms with van der Waals surface area (Å²) >= 11 is 0. The third-order valence-electron chi connectivity index (χ3n) is 11.5. The molecular weight excluding hydrogens is 685 g/mol. The second-order valence-electron chi connectivity index (χ2n) is 15.2. The van der Waals surface area contributed by atoms with Crippen molar-refractivity contribution < 1.29 is 8.83 Å². The maximum Gasteiger partial charge on any atom is 0.227 e. The van der Waals surface area contributed by atoms with Crippen molar-refractivity contribution in [2.45, 2.75) is 19.3 Å². The molecule has 0 spiro atoms. The quantitative estimate of drug-likeness (QED) is 0.171. The molecule has 8 aromatic carbocycles. The van der Waals surface area contributed by atoms with Gasteiger partial charge in [-0.25, -0.2) is 4.98 Å². The Morgan fingerprint density at radius 3 is 1.70 bits per heavy atom. The van der Waals surface area contributed by atoms with Crippen molar-refractivity contribution in [2.75, 3.05) is 4.90 Å². The van der Waals surface area contributed by atoms with Gasteiger partial charge in [-0.2, -0.15) is 0 Å². The number of hydrogen-bond acceptors (Lipinski definition) is 4. The summed E-state index contributed by atoms with van der Waals surface area (Å²) in [4.78, 5) is 7.27. The topological polar surface area (TPSA) is 42.4 Å². The molecule has 0 saturated carbocycles. The fourth-order valence-corrected chi connectivity index (χ4v) is 8.72. The van der Waals surface area contributed by atoms with E-state index in [0.717, 1.165) is 77.9 Å². The van der Waals surface area contributed by atoms with Gasteiger partial charge in [-0.05, 0) is 88.0 Å². The highest BCUT2D eigenvalue weighted by Gasteiger charge is 2.35. The van der Waals surface area contributed by atoms with Gasteiger partial charge in [0.15, 0.2) is 5.58 Å². The van der Waals surface area contributed by atoms with E-state index in [9.17, 15) is 0 Å². The predicted molar refractivity (Wildman–Crippen MR) is 230 cm³/mol. The molecule has 1 aliphatic rings. The summed E-state index contributed by atoms with van der Waals surface area (Å²) in [6, 6.07) is 64.2. The van der Waals surface area contributed by atoms with Crippen LogP contribution < -0.4 is 4.90 Å². The van der Waals surface area contributed by atoms with E-state index >= 15 is 0 Å². The van der Waals surface area contributed by atoms with E-state index in [4.69, 9.17) is 13.8 Å². The fraction of sp³-hybridized carbons (Fsp3) is 0.0577. The number of nitrogens with zero attached hydrogens (tertiary/aromatic N) is 2. The zero-order valence-electron chi connectivity index (χ0n) is 31.0. The van der Waals surface area contributed by atoms with Gasteiger partial charge in [-0.1, -0.05) is 141 Å². The average molecular weight is 721 g/mol. The van der Waals surface area contributed by atoms with Crippen LogP contribution in [0.2, 0.25) is 0 Å². The summed E-state index contributed by atoms with van der Waals surface area (Å²) in [5.41, 5.74) is 17.0. The Kier molecular flexibility index (Phi) is 7.17. The van der Waals surface area contributed by atoms with Crippen LogP contribution >= 0.6 is 0 Å². The van der Waals surface area contributed by atoms with E-state index in [1.807, 2.05) is 42.5 Å². The van der Waals surface area contributed by atoms with Crippen LogP contribution in [0, 0.1) is 0 Å². The van der Waals surface area contributed by atoms with Crippen molar-refractivity contribution in [3.05, 3.63) is 193 Å².